The summed E-state index contributed by atoms with van der Waals surface area (Å²) in [6.07, 6.45) is 11.4. The molecule has 5 nitrogen and oxygen atoms in total. The number of fused-ring (bicyclic) bond motifs is 1. The topological polar surface area (TPSA) is 59.8 Å². The molecule has 1 amide bonds. The lowest BCUT2D eigenvalue weighted by atomic mass is 9.93. The predicted molar refractivity (Wildman–Crippen MR) is 103 cm³/mol. The molecule has 4 rings (SSSR count). The summed E-state index contributed by atoms with van der Waals surface area (Å²) in [6.45, 7) is 0.916. The van der Waals surface area contributed by atoms with Crippen LogP contribution in [0, 0.1) is 5.92 Å². The number of carbonyl (C=O) groups excluding carboxylic acids is 1. The second-order valence-corrected chi connectivity index (χ2v) is 7.47. The number of hydrogen-bond donors (Lipinski definition) is 1. The number of hydrogen-bond acceptors (Lipinski definition) is 3. The number of benzene rings is 1. The second kappa shape index (κ2) is 7.62. The third-order valence-corrected chi connectivity index (χ3v) is 5.55. The third kappa shape index (κ3) is 3.54. The van der Waals surface area contributed by atoms with Gasteiger partial charge in [0, 0.05) is 30.1 Å². The Balaban J connectivity index is 1.60. The first-order chi connectivity index (χ1) is 12.7. The Morgan fingerprint density at radius 3 is 2.96 bits per heavy atom. The average Bonchev–Trinajstić information content (AvgIpc) is 2.92. The highest BCUT2D eigenvalue weighted by Crippen LogP contribution is 2.31. The first kappa shape index (κ1) is 17.3. The number of rotatable bonds is 3. The van der Waals surface area contributed by atoms with Crippen LogP contribution in [0.1, 0.15) is 44.3 Å². The van der Waals surface area contributed by atoms with Crippen LogP contribution in [-0.2, 0) is 17.8 Å². The maximum Gasteiger partial charge on any atom is 0.227 e. The molecule has 136 valence electrons. The van der Waals surface area contributed by atoms with Crippen LogP contribution in [0.15, 0.2) is 30.4 Å². The summed E-state index contributed by atoms with van der Waals surface area (Å²) >= 11 is 6.45. The van der Waals surface area contributed by atoms with Gasteiger partial charge in [-0.2, -0.15) is 0 Å². The summed E-state index contributed by atoms with van der Waals surface area (Å²) in [7, 11) is 0. The molecule has 1 aromatic heterocycles. The smallest absolute Gasteiger partial charge is 0.227 e. The largest absolute Gasteiger partial charge is 0.326 e. The SMILES string of the molecule is O=C(Nc1ccc(Cl)c(-c2nnc3n2CCCCC3)c1)[C@H]1CC=CCC1. The Morgan fingerprint density at radius 2 is 2.12 bits per heavy atom. The average molecular weight is 371 g/mol. The van der Waals surface area contributed by atoms with Crippen LogP contribution in [0.2, 0.25) is 5.02 Å². The van der Waals surface area contributed by atoms with Gasteiger partial charge >= 0.3 is 0 Å². The maximum atomic E-state index is 12.5. The maximum absolute atomic E-state index is 12.5. The fraction of sp³-hybridized carbons (Fsp3) is 0.450. The molecule has 0 saturated heterocycles. The highest BCUT2D eigenvalue weighted by Gasteiger charge is 2.21. The Morgan fingerprint density at radius 1 is 1.19 bits per heavy atom. The van der Waals surface area contributed by atoms with Crippen molar-refractivity contribution in [2.75, 3.05) is 5.32 Å². The fourth-order valence-electron chi connectivity index (χ4n) is 3.73. The van der Waals surface area contributed by atoms with E-state index in [0.29, 0.717) is 5.02 Å². The molecular formula is C20H23ClN4O. The molecule has 0 radical (unpaired) electrons. The van der Waals surface area contributed by atoms with E-state index in [1.165, 1.54) is 6.42 Å². The van der Waals surface area contributed by atoms with E-state index in [0.717, 1.165) is 68.0 Å². The molecule has 1 aliphatic carbocycles. The minimum absolute atomic E-state index is 0.0449. The molecule has 1 atom stereocenters. The van der Waals surface area contributed by atoms with Gasteiger partial charge in [0.1, 0.15) is 5.82 Å². The number of aromatic nitrogens is 3. The third-order valence-electron chi connectivity index (χ3n) is 5.22. The van der Waals surface area contributed by atoms with Crippen molar-refractivity contribution in [2.45, 2.75) is 51.5 Å². The summed E-state index contributed by atoms with van der Waals surface area (Å²) < 4.78 is 2.17. The molecule has 1 N–H and O–H groups in total. The molecule has 0 bridgehead atoms. The van der Waals surface area contributed by atoms with Crippen molar-refractivity contribution in [3.63, 3.8) is 0 Å². The summed E-state index contributed by atoms with van der Waals surface area (Å²) in [6, 6.07) is 5.59. The van der Waals surface area contributed by atoms with Crippen LogP contribution >= 0.6 is 11.6 Å². The van der Waals surface area contributed by atoms with E-state index < -0.39 is 0 Å². The Kier molecular flexibility index (Phi) is 5.07. The van der Waals surface area contributed by atoms with Gasteiger partial charge in [-0.25, -0.2) is 0 Å². The Bertz CT molecular complexity index is 842. The molecule has 0 spiro atoms. The number of nitrogens with zero attached hydrogens (tertiary/aromatic N) is 3. The molecular weight excluding hydrogens is 348 g/mol. The molecule has 2 aromatic rings. The Labute approximate surface area is 158 Å². The van der Waals surface area contributed by atoms with Gasteiger partial charge < -0.3 is 9.88 Å². The minimum atomic E-state index is 0.0449. The van der Waals surface area contributed by atoms with Crippen molar-refractivity contribution in [1.29, 1.82) is 0 Å². The van der Waals surface area contributed by atoms with Crippen molar-refractivity contribution in [3.8, 4) is 11.4 Å². The van der Waals surface area contributed by atoms with Crippen molar-refractivity contribution in [2.24, 2.45) is 5.92 Å². The van der Waals surface area contributed by atoms with Crippen molar-refractivity contribution >= 4 is 23.2 Å². The van der Waals surface area contributed by atoms with Crippen molar-refractivity contribution in [1.82, 2.24) is 14.8 Å². The summed E-state index contributed by atoms with van der Waals surface area (Å²) in [5, 5.41) is 12.4. The molecule has 0 unspecified atom stereocenters. The van der Waals surface area contributed by atoms with Gasteiger partial charge in [-0.15, -0.1) is 10.2 Å². The number of amides is 1. The monoisotopic (exact) mass is 370 g/mol. The van der Waals surface area contributed by atoms with E-state index in [9.17, 15) is 4.79 Å². The van der Waals surface area contributed by atoms with Gasteiger partial charge in [0.05, 0.1) is 5.02 Å². The van der Waals surface area contributed by atoms with E-state index in [1.54, 1.807) is 0 Å². The van der Waals surface area contributed by atoms with E-state index in [4.69, 9.17) is 11.6 Å². The van der Waals surface area contributed by atoms with Gasteiger partial charge in [-0.05, 0) is 50.3 Å². The van der Waals surface area contributed by atoms with Crippen LogP contribution in [0.3, 0.4) is 0 Å². The molecule has 2 aliphatic rings. The van der Waals surface area contributed by atoms with Crippen molar-refractivity contribution in [3.05, 3.63) is 41.2 Å². The zero-order chi connectivity index (χ0) is 17.9. The molecule has 1 aromatic carbocycles. The predicted octanol–water partition coefficient (Wildman–Crippen LogP) is 4.62. The lowest BCUT2D eigenvalue weighted by molar-refractivity contribution is -0.120. The summed E-state index contributed by atoms with van der Waals surface area (Å²) in [4.78, 5) is 12.5. The van der Waals surface area contributed by atoms with Crippen LogP contribution in [0.5, 0.6) is 0 Å². The first-order valence-electron chi connectivity index (χ1n) is 9.40. The summed E-state index contributed by atoms with van der Waals surface area (Å²) in [5.41, 5.74) is 1.59. The van der Waals surface area contributed by atoms with Gasteiger partial charge in [0.15, 0.2) is 5.82 Å². The van der Waals surface area contributed by atoms with Crippen molar-refractivity contribution < 1.29 is 4.79 Å². The van der Waals surface area contributed by atoms with E-state index in [2.05, 4.69) is 32.2 Å². The highest BCUT2D eigenvalue weighted by atomic mass is 35.5. The molecule has 1 aliphatic heterocycles. The standard InChI is InChI=1S/C20H23ClN4O/c21-17-11-10-15(22-20(26)14-7-3-1-4-8-14)13-16(17)19-24-23-18-9-5-2-6-12-25(18)19/h1,3,10-11,13-14H,2,4-9,12H2,(H,22,26)/t14-/m0/s1. The quantitative estimate of drug-likeness (QED) is 0.802. The van der Waals surface area contributed by atoms with Crippen LogP contribution < -0.4 is 5.32 Å². The number of carbonyl (C=O) groups is 1. The Hall–Kier alpha value is -2.14. The zero-order valence-corrected chi connectivity index (χ0v) is 15.5. The fourth-order valence-corrected chi connectivity index (χ4v) is 3.94. The minimum Gasteiger partial charge on any atom is -0.326 e. The molecule has 6 heteroatoms. The van der Waals surface area contributed by atoms with Crippen LogP contribution in [-0.4, -0.2) is 20.7 Å². The van der Waals surface area contributed by atoms with Gasteiger partial charge in [0.2, 0.25) is 5.91 Å². The number of nitrogens with one attached hydrogen (secondary N) is 1. The molecule has 0 fully saturated rings. The van der Waals surface area contributed by atoms with Gasteiger partial charge in [0.25, 0.3) is 0 Å². The number of anilines is 1. The molecule has 26 heavy (non-hydrogen) atoms. The molecule has 0 saturated carbocycles. The van der Waals surface area contributed by atoms with Crippen LogP contribution in [0.25, 0.3) is 11.4 Å². The molecule has 2 heterocycles. The van der Waals surface area contributed by atoms with Gasteiger partial charge in [-0.1, -0.05) is 30.2 Å². The van der Waals surface area contributed by atoms with Crippen LogP contribution in [0.4, 0.5) is 5.69 Å². The lowest BCUT2D eigenvalue weighted by Gasteiger charge is -2.18. The number of aryl methyl sites for hydroxylation is 1. The number of halogens is 1. The van der Waals surface area contributed by atoms with Gasteiger partial charge in [-0.3, -0.25) is 4.79 Å². The normalized spacial score (nSPS) is 19.7. The lowest BCUT2D eigenvalue weighted by Crippen LogP contribution is -2.23. The second-order valence-electron chi connectivity index (χ2n) is 7.07. The van der Waals surface area contributed by atoms with E-state index in [1.807, 2.05) is 18.2 Å². The van der Waals surface area contributed by atoms with E-state index >= 15 is 0 Å². The number of allylic oxidation sites excluding steroid dienone is 2. The first-order valence-corrected chi connectivity index (χ1v) is 9.78. The summed E-state index contributed by atoms with van der Waals surface area (Å²) in [5.74, 6) is 1.94. The zero-order valence-electron chi connectivity index (χ0n) is 14.7. The highest BCUT2D eigenvalue weighted by molar-refractivity contribution is 6.33. The van der Waals surface area contributed by atoms with E-state index in [-0.39, 0.29) is 11.8 Å².